The molecular weight excluding hydrogens is 430 g/mol. The number of benzene rings is 2. The van der Waals surface area contributed by atoms with Crippen LogP contribution in [0.3, 0.4) is 0 Å². The molecule has 1 amide bonds. The Balaban J connectivity index is 1.65. The maximum absolute atomic E-state index is 12.7. The van der Waals surface area contributed by atoms with Crippen molar-refractivity contribution >= 4 is 24.6 Å². The second-order valence-corrected chi connectivity index (χ2v) is 14.5. The molecule has 1 unspecified atom stereocenters. The molecule has 0 radical (unpaired) electrons. The Bertz CT molecular complexity index is 869. The number of rotatable bonds is 7. The number of hydrogen-bond donors (Lipinski definition) is 0. The lowest BCUT2D eigenvalue weighted by Gasteiger charge is -2.44. The van der Waals surface area contributed by atoms with Gasteiger partial charge < -0.3 is 18.8 Å². The lowest BCUT2D eigenvalue weighted by Crippen LogP contribution is -2.67. The van der Waals surface area contributed by atoms with Crippen LogP contribution in [0.5, 0.6) is 0 Å². The fraction of sp³-hybridized carbons (Fsp3) is 0.519. The summed E-state index contributed by atoms with van der Waals surface area (Å²) in [7, 11) is -0.807. The van der Waals surface area contributed by atoms with Crippen molar-refractivity contribution in [1.29, 1.82) is 0 Å². The topological polar surface area (TPSA) is 48.0 Å². The number of amides is 1. The van der Waals surface area contributed by atoms with Crippen molar-refractivity contribution in [3.05, 3.63) is 60.7 Å². The Morgan fingerprint density at radius 2 is 1.61 bits per heavy atom. The molecule has 0 saturated carbocycles. The predicted octanol–water partition coefficient (Wildman–Crippen LogP) is 3.71. The SMILES string of the molecule is CN1C(=O)C[C@@H](OC2CCCCO2)[C@H]1CO[Si](c1ccccc1)(c1ccccc1)C(C)(C)C. The van der Waals surface area contributed by atoms with Gasteiger partial charge in [0.1, 0.15) is 0 Å². The third kappa shape index (κ3) is 4.94. The van der Waals surface area contributed by atoms with E-state index in [1.165, 1.54) is 10.4 Å². The number of nitrogens with zero attached hydrogens (tertiary/aromatic N) is 1. The molecule has 2 heterocycles. The molecule has 0 aromatic heterocycles. The maximum atomic E-state index is 12.7. The standard InChI is InChI=1S/C27H37NO4Si/c1-27(2,3)33(21-13-7-5-8-14-21,22-15-9-6-10-16-22)31-20-23-24(19-25(29)28(23)4)32-26-17-11-12-18-30-26/h5-10,13-16,23-24,26H,11-12,17-20H2,1-4H3/t23-,24-,26?/m1/s1. The van der Waals surface area contributed by atoms with Crippen LogP contribution in [-0.2, 0) is 18.7 Å². The zero-order chi connectivity index (χ0) is 23.5. The first-order chi connectivity index (χ1) is 15.8. The fourth-order valence-corrected chi connectivity index (χ4v) is 9.81. The summed E-state index contributed by atoms with van der Waals surface area (Å²) in [6.07, 6.45) is 3.00. The lowest BCUT2D eigenvalue weighted by atomic mass is 10.1. The average molecular weight is 468 g/mol. The highest BCUT2D eigenvalue weighted by molar-refractivity contribution is 6.99. The van der Waals surface area contributed by atoms with E-state index in [-0.39, 0.29) is 29.4 Å². The van der Waals surface area contributed by atoms with Gasteiger partial charge in [-0.15, -0.1) is 0 Å². The number of likely N-dealkylation sites (N-methyl/N-ethyl adjacent to an activating group) is 1. The Morgan fingerprint density at radius 3 is 2.12 bits per heavy atom. The Morgan fingerprint density at radius 1 is 1.00 bits per heavy atom. The first-order valence-corrected chi connectivity index (χ1v) is 14.0. The van der Waals surface area contributed by atoms with Crippen LogP contribution in [0.25, 0.3) is 0 Å². The van der Waals surface area contributed by atoms with E-state index in [0.717, 1.165) is 25.9 Å². The first kappa shape index (κ1) is 24.1. The van der Waals surface area contributed by atoms with Crippen LogP contribution in [0, 0.1) is 0 Å². The van der Waals surface area contributed by atoms with Crippen LogP contribution in [0.4, 0.5) is 0 Å². The van der Waals surface area contributed by atoms with Gasteiger partial charge in [-0.05, 0) is 34.7 Å². The van der Waals surface area contributed by atoms with Crippen molar-refractivity contribution in [2.75, 3.05) is 20.3 Å². The molecule has 178 valence electrons. The molecule has 33 heavy (non-hydrogen) atoms. The third-order valence-electron chi connectivity index (χ3n) is 7.05. The highest BCUT2D eigenvalue weighted by Crippen LogP contribution is 2.37. The minimum Gasteiger partial charge on any atom is -0.405 e. The van der Waals surface area contributed by atoms with Crippen molar-refractivity contribution in [1.82, 2.24) is 4.90 Å². The maximum Gasteiger partial charge on any atom is 0.261 e. The van der Waals surface area contributed by atoms with E-state index in [4.69, 9.17) is 13.9 Å². The van der Waals surface area contributed by atoms with Gasteiger partial charge in [-0.1, -0.05) is 81.4 Å². The van der Waals surface area contributed by atoms with E-state index < -0.39 is 8.32 Å². The fourth-order valence-electron chi connectivity index (χ4n) is 5.23. The number of ether oxygens (including phenoxy) is 2. The van der Waals surface area contributed by atoms with Gasteiger partial charge in [-0.25, -0.2) is 0 Å². The number of carbonyl (C=O) groups excluding carboxylic acids is 1. The summed E-state index contributed by atoms with van der Waals surface area (Å²) in [5, 5.41) is 2.37. The molecule has 2 aromatic rings. The highest BCUT2D eigenvalue weighted by atomic mass is 28.4. The van der Waals surface area contributed by atoms with Gasteiger partial charge in [-0.2, -0.15) is 0 Å². The molecule has 6 heteroatoms. The first-order valence-electron chi connectivity index (χ1n) is 12.1. The number of likely N-dealkylation sites (tertiary alicyclic amines) is 1. The molecule has 2 fully saturated rings. The van der Waals surface area contributed by atoms with Crippen LogP contribution in [0.15, 0.2) is 60.7 Å². The van der Waals surface area contributed by atoms with E-state index in [1.54, 1.807) is 0 Å². The van der Waals surface area contributed by atoms with Crippen molar-refractivity contribution in [3.8, 4) is 0 Å². The molecule has 2 saturated heterocycles. The van der Waals surface area contributed by atoms with Crippen molar-refractivity contribution in [2.24, 2.45) is 0 Å². The Hall–Kier alpha value is -1.99. The van der Waals surface area contributed by atoms with Gasteiger partial charge >= 0.3 is 0 Å². The van der Waals surface area contributed by atoms with E-state index in [0.29, 0.717) is 13.0 Å². The second kappa shape index (κ2) is 10.1. The summed E-state index contributed by atoms with van der Waals surface area (Å²) in [4.78, 5) is 14.5. The number of hydrogen-bond acceptors (Lipinski definition) is 4. The molecule has 3 atom stereocenters. The Kier molecular flexibility index (Phi) is 7.39. The number of carbonyl (C=O) groups is 1. The van der Waals surface area contributed by atoms with Crippen LogP contribution >= 0.6 is 0 Å². The molecule has 0 aliphatic carbocycles. The largest absolute Gasteiger partial charge is 0.405 e. The van der Waals surface area contributed by atoms with Crippen LogP contribution in [0.2, 0.25) is 5.04 Å². The van der Waals surface area contributed by atoms with Gasteiger partial charge in [0, 0.05) is 13.7 Å². The third-order valence-corrected chi connectivity index (χ3v) is 12.1. The monoisotopic (exact) mass is 467 g/mol. The van der Waals surface area contributed by atoms with Crippen molar-refractivity contribution in [2.45, 2.75) is 69.9 Å². The Labute approximate surface area is 199 Å². The van der Waals surface area contributed by atoms with Gasteiger partial charge in [0.15, 0.2) is 6.29 Å². The van der Waals surface area contributed by atoms with Gasteiger partial charge in [0.2, 0.25) is 5.91 Å². The quantitative estimate of drug-likeness (QED) is 0.583. The summed E-state index contributed by atoms with van der Waals surface area (Å²) in [6, 6.07) is 21.1. The van der Waals surface area contributed by atoms with E-state index in [1.807, 2.05) is 24.1 Å². The molecule has 0 N–H and O–H groups in total. The summed E-state index contributed by atoms with van der Waals surface area (Å²) < 4.78 is 19.2. The summed E-state index contributed by atoms with van der Waals surface area (Å²) in [5.74, 6) is 0.104. The molecular formula is C27H37NO4Si. The summed E-state index contributed by atoms with van der Waals surface area (Å²) in [6.45, 7) is 7.98. The molecule has 4 rings (SSSR count). The molecule has 5 nitrogen and oxygen atoms in total. The second-order valence-electron chi connectivity index (χ2n) is 10.2. The predicted molar refractivity (Wildman–Crippen MR) is 133 cm³/mol. The molecule has 2 aromatic carbocycles. The van der Waals surface area contributed by atoms with Crippen LogP contribution < -0.4 is 10.4 Å². The van der Waals surface area contributed by atoms with Crippen molar-refractivity contribution < 1.29 is 18.7 Å². The van der Waals surface area contributed by atoms with E-state index in [9.17, 15) is 4.79 Å². The van der Waals surface area contributed by atoms with Gasteiger partial charge in [0.05, 0.1) is 25.2 Å². The normalized spacial score (nSPS) is 24.3. The van der Waals surface area contributed by atoms with Gasteiger partial charge in [0.25, 0.3) is 8.32 Å². The summed E-state index contributed by atoms with van der Waals surface area (Å²) >= 11 is 0. The lowest BCUT2D eigenvalue weighted by molar-refractivity contribution is -0.193. The average Bonchev–Trinajstić information content (AvgIpc) is 3.08. The van der Waals surface area contributed by atoms with Crippen LogP contribution in [0.1, 0.15) is 46.5 Å². The zero-order valence-electron chi connectivity index (χ0n) is 20.3. The minimum absolute atomic E-state index is 0.104. The van der Waals surface area contributed by atoms with E-state index in [2.05, 4.69) is 69.3 Å². The van der Waals surface area contributed by atoms with E-state index >= 15 is 0 Å². The molecule has 0 bridgehead atoms. The molecule has 2 aliphatic rings. The molecule has 2 aliphatic heterocycles. The van der Waals surface area contributed by atoms with Gasteiger partial charge in [-0.3, -0.25) is 4.79 Å². The molecule has 0 spiro atoms. The smallest absolute Gasteiger partial charge is 0.261 e. The minimum atomic E-state index is -2.68. The zero-order valence-corrected chi connectivity index (χ0v) is 21.3. The highest BCUT2D eigenvalue weighted by Gasteiger charge is 2.51. The van der Waals surface area contributed by atoms with Crippen molar-refractivity contribution in [3.63, 3.8) is 0 Å². The van der Waals surface area contributed by atoms with Crippen LogP contribution in [-0.4, -0.2) is 57.8 Å². The summed E-state index contributed by atoms with van der Waals surface area (Å²) in [5.41, 5.74) is 0.